The van der Waals surface area contributed by atoms with Crippen molar-refractivity contribution in [1.82, 2.24) is 15.0 Å². The Morgan fingerprint density at radius 1 is 1.21 bits per heavy atom. The van der Waals surface area contributed by atoms with Gasteiger partial charge >= 0.3 is 0 Å². The van der Waals surface area contributed by atoms with E-state index in [0.29, 0.717) is 27.9 Å². The number of benzene rings is 1. The molecule has 0 bridgehead atoms. The fourth-order valence-corrected chi connectivity index (χ4v) is 2.08. The summed E-state index contributed by atoms with van der Waals surface area (Å²) in [6.07, 6.45) is 0. The topological polar surface area (TPSA) is 50.8 Å². The second-order valence-corrected chi connectivity index (χ2v) is 4.31. The number of H-pyrrole nitrogens is 1. The molecule has 0 aliphatic carbocycles. The molecule has 0 saturated carbocycles. The molecule has 3 aromatic rings. The zero-order chi connectivity index (χ0) is 13.4. The number of hydrogen-bond donors (Lipinski definition) is 1. The second-order valence-electron chi connectivity index (χ2n) is 3.91. The Kier molecular flexibility index (Phi) is 2.83. The summed E-state index contributed by atoms with van der Waals surface area (Å²) in [5.74, 6) is 0.363. The Morgan fingerprint density at radius 2 is 2.05 bits per heavy atom. The predicted molar refractivity (Wildman–Crippen MR) is 70.8 cm³/mol. The van der Waals surface area contributed by atoms with Crippen LogP contribution >= 0.6 is 11.6 Å². The zero-order valence-corrected chi connectivity index (χ0v) is 10.7. The van der Waals surface area contributed by atoms with Gasteiger partial charge in [0, 0.05) is 6.07 Å². The van der Waals surface area contributed by atoms with Crippen molar-refractivity contribution < 1.29 is 9.13 Å². The molecule has 0 atom stereocenters. The van der Waals surface area contributed by atoms with E-state index in [0.717, 1.165) is 0 Å². The van der Waals surface area contributed by atoms with Gasteiger partial charge in [-0.25, -0.2) is 9.37 Å². The fourth-order valence-electron chi connectivity index (χ4n) is 1.83. The van der Waals surface area contributed by atoms with Gasteiger partial charge in [0.1, 0.15) is 11.6 Å². The third-order valence-corrected chi connectivity index (χ3v) is 3.04. The number of aromatic amines is 1. The molecule has 0 unspecified atom stereocenters. The van der Waals surface area contributed by atoms with E-state index in [1.807, 2.05) is 0 Å². The highest BCUT2D eigenvalue weighted by atomic mass is 35.5. The number of imidazole rings is 1. The first-order chi connectivity index (χ1) is 9.19. The summed E-state index contributed by atoms with van der Waals surface area (Å²) in [4.78, 5) is 11.4. The van der Waals surface area contributed by atoms with E-state index in [4.69, 9.17) is 16.3 Å². The molecule has 0 radical (unpaired) electrons. The third-order valence-electron chi connectivity index (χ3n) is 2.73. The number of halogens is 2. The quantitative estimate of drug-likeness (QED) is 0.781. The number of nitrogens with one attached hydrogen (secondary N) is 1. The van der Waals surface area contributed by atoms with Crippen LogP contribution in [0, 0.1) is 5.82 Å². The summed E-state index contributed by atoms with van der Waals surface area (Å²) in [6, 6.07) is 7.97. The maximum atomic E-state index is 13.8. The van der Waals surface area contributed by atoms with Gasteiger partial charge in [0.25, 0.3) is 0 Å². The number of hydrogen-bond acceptors (Lipinski definition) is 3. The lowest BCUT2D eigenvalue weighted by molar-refractivity contribution is 0.399. The molecule has 0 aliphatic rings. The van der Waals surface area contributed by atoms with Crippen molar-refractivity contribution in [2.45, 2.75) is 0 Å². The molecule has 0 saturated heterocycles. The van der Waals surface area contributed by atoms with Crippen LogP contribution in [0.4, 0.5) is 4.39 Å². The average Bonchev–Trinajstić information content (AvgIpc) is 2.80. The Balaban J connectivity index is 2.21. The van der Waals surface area contributed by atoms with Crippen LogP contribution < -0.4 is 4.74 Å². The summed E-state index contributed by atoms with van der Waals surface area (Å²) in [5.41, 5.74) is 1.38. The fraction of sp³-hybridized carbons (Fsp3) is 0.0769. The highest BCUT2D eigenvalue weighted by molar-refractivity contribution is 6.33. The Morgan fingerprint density at radius 3 is 2.79 bits per heavy atom. The van der Waals surface area contributed by atoms with Crippen molar-refractivity contribution >= 4 is 22.8 Å². The molecule has 0 aliphatic heterocycles. The van der Waals surface area contributed by atoms with Crippen LogP contribution in [0.15, 0.2) is 30.3 Å². The monoisotopic (exact) mass is 277 g/mol. The molecule has 0 amide bonds. The molecule has 0 fully saturated rings. The maximum Gasteiger partial charge on any atom is 0.215 e. The van der Waals surface area contributed by atoms with E-state index in [1.165, 1.54) is 13.2 Å². The number of rotatable bonds is 2. The van der Waals surface area contributed by atoms with E-state index in [1.54, 1.807) is 24.3 Å². The predicted octanol–water partition coefficient (Wildman–Crippen LogP) is 3.43. The van der Waals surface area contributed by atoms with Gasteiger partial charge in [0.2, 0.25) is 5.88 Å². The summed E-state index contributed by atoms with van der Waals surface area (Å²) < 4.78 is 18.8. The molecule has 2 heterocycles. The van der Waals surface area contributed by atoms with Crippen molar-refractivity contribution in [3.8, 4) is 17.3 Å². The van der Waals surface area contributed by atoms with E-state index in [2.05, 4.69) is 15.0 Å². The Labute approximate surface area is 113 Å². The second kappa shape index (κ2) is 4.51. The summed E-state index contributed by atoms with van der Waals surface area (Å²) in [5, 5.41) is 0.297. The first-order valence-corrected chi connectivity index (χ1v) is 5.92. The summed E-state index contributed by atoms with van der Waals surface area (Å²) >= 11 is 6.01. The van der Waals surface area contributed by atoms with Crippen LogP contribution in [0.25, 0.3) is 22.6 Å². The molecule has 6 heteroatoms. The largest absolute Gasteiger partial charge is 0.481 e. The van der Waals surface area contributed by atoms with Gasteiger partial charge in [-0.3, -0.25) is 0 Å². The minimum absolute atomic E-state index is 0.237. The SMILES string of the molecule is COc1ccc2[nH]c(-c3c(F)cccc3Cl)nc2n1. The molecular formula is C13H9ClFN3O. The van der Waals surface area contributed by atoms with Gasteiger partial charge < -0.3 is 9.72 Å². The molecule has 1 N–H and O–H groups in total. The highest BCUT2D eigenvalue weighted by Crippen LogP contribution is 2.29. The molecule has 4 nitrogen and oxygen atoms in total. The number of nitrogens with zero attached hydrogens (tertiary/aromatic N) is 2. The van der Waals surface area contributed by atoms with Gasteiger partial charge in [-0.05, 0) is 18.2 Å². The zero-order valence-electron chi connectivity index (χ0n) is 9.95. The normalized spacial score (nSPS) is 10.9. The number of ether oxygens (including phenoxy) is 1. The van der Waals surface area contributed by atoms with Crippen molar-refractivity contribution in [3.05, 3.63) is 41.2 Å². The van der Waals surface area contributed by atoms with Gasteiger partial charge in [-0.2, -0.15) is 4.98 Å². The smallest absolute Gasteiger partial charge is 0.215 e. The third kappa shape index (κ3) is 2.02. The average molecular weight is 278 g/mol. The van der Waals surface area contributed by atoms with Crippen molar-refractivity contribution in [3.63, 3.8) is 0 Å². The molecule has 19 heavy (non-hydrogen) atoms. The summed E-state index contributed by atoms with van der Waals surface area (Å²) in [7, 11) is 1.52. The lowest BCUT2D eigenvalue weighted by Gasteiger charge is -2.01. The molecule has 1 aromatic carbocycles. The van der Waals surface area contributed by atoms with Crippen molar-refractivity contribution in [1.29, 1.82) is 0 Å². The maximum absolute atomic E-state index is 13.8. The van der Waals surface area contributed by atoms with E-state index >= 15 is 0 Å². The van der Waals surface area contributed by atoms with Crippen LogP contribution in [-0.2, 0) is 0 Å². The van der Waals surface area contributed by atoms with Crippen molar-refractivity contribution in [2.24, 2.45) is 0 Å². The van der Waals surface area contributed by atoms with E-state index in [9.17, 15) is 4.39 Å². The van der Waals surface area contributed by atoms with Gasteiger partial charge in [-0.15, -0.1) is 0 Å². The lowest BCUT2D eigenvalue weighted by Crippen LogP contribution is -1.88. The first kappa shape index (κ1) is 11.9. The van der Waals surface area contributed by atoms with Crippen LogP contribution in [0.1, 0.15) is 0 Å². The van der Waals surface area contributed by atoms with Crippen LogP contribution in [0.5, 0.6) is 5.88 Å². The lowest BCUT2D eigenvalue weighted by atomic mass is 10.2. The Bertz CT molecular complexity index is 736. The standard InChI is InChI=1S/C13H9ClFN3O/c1-19-10-6-5-9-12(17-10)18-13(16-9)11-7(14)3-2-4-8(11)15/h2-6H,1H3,(H,16,17,18). The number of aromatic nitrogens is 3. The van der Waals surface area contributed by atoms with E-state index < -0.39 is 5.82 Å². The highest BCUT2D eigenvalue weighted by Gasteiger charge is 2.14. The molecule has 3 rings (SSSR count). The first-order valence-electron chi connectivity index (χ1n) is 5.54. The minimum atomic E-state index is -0.432. The molecule has 2 aromatic heterocycles. The van der Waals surface area contributed by atoms with Crippen molar-refractivity contribution in [2.75, 3.05) is 7.11 Å². The number of methoxy groups -OCH3 is 1. The van der Waals surface area contributed by atoms with Crippen LogP contribution in [0.2, 0.25) is 5.02 Å². The molecule has 0 spiro atoms. The van der Waals surface area contributed by atoms with Crippen LogP contribution in [0.3, 0.4) is 0 Å². The molecule has 96 valence electrons. The number of fused-ring (bicyclic) bond motifs is 1. The minimum Gasteiger partial charge on any atom is -0.481 e. The Hall–Kier alpha value is -2.14. The molecular weight excluding hydrogens is 269 g/mol. The van der Waals surface area contributed by atoms with E-state index in [-0.39, 0.29) is 5.56 Å². The van der Waals surface area contributed by atoms with Crippen LogP contribution in [-0.4, -0.2) is 22.1 Å². The van der Waals surface area contributed by atoms with Gasteiger partial charge in [0.15, 0.2) is 5.65 Å². The number of pyridine rings is 1. The van der Waals surface area contributed by atoms with Gasteiger partial charge in [0.05, 0.1) is 23.2 Å². The van der Waals surface area contributed by atoms with Gasteiger partial charge in [-0.1, -0.05) is 17.7 Å². The summed E-state index contributed by atoms with van der Waals surface area (Å²) in [6.45, 7) is 0.